The lowest BCUT2D eigenvalue weighted by Crippen LogP contribution is -2.48. The summed E-state index contributed by atoms with van der Waals surface area (Å²) in [7, 11) is 0. The Morgan fingerprint density at radius 2 is 2.15 bits per heavy atom. The van der Waals surface area contributed by atoms with Crippen molar-refractivity contribution in [2.24, 2.45) is 0 Å². The summed E-state index contributed by atoms with van der Waals surface area (Å²) in [5.41, 5.74) is 4.60. The lowest BCUT2D eigenvalue weighted by atomic mass is 10.1. The van der Waals surface area contributed by atoms with Crippen LogP contribution in [0, 0.1) is 0 Å². The molecule has 0 aliphatic carbocycles. The minimum atomic E-state index is -0.659. The molecule has 0 saturated carbocycles. The Hall–Kier alpha value is -1.98. The number of rotatable bonds is 5. The number of carbonyl (C=O) groups excluding carboxylic acids is 2. The number of nitrogens with zero attached hydrogens (tertiary/aromatic N) is 1. The Balaban J connectivity index is 2.69. The molecule has 20 heavy (non-hydrogen) atoms. The highest BCUT2D eigenvalue weighted by molar-refractivity contribution is 5.76. The molecule has 1 fully saturated rings. The number of hydrogen-bond donors (Lipinski definition) is 1. The fraction of sp³-hybridized carbons (Fsp3) is 0.571. The van der Waals surface area contributed by atoms with Crippen molar-refractivity contribution in [3.8, 4) is 0 Å². The first-order chi connectivity index (χ1) is 9.45. The maximum atomic E-state index is 11.6. The van der Waals surface area contributed by atoms with E-state index in [0.717, 1.165) is 12.0 Å². The molecule has 1 saturated heterocycles. The molecule has 1 heterocycles. The van der Waals surface area contributed by atoms with E-state index in [1.54, 1.807) is 6.92 Å². The zero-order valence-corrected chi connectivity index (χ0v) is 12.4. The highest BCUT2D eigenvalue weighted by Crippen LogP contribution is 2.18. The van der Waals surface area contributed by atoms with Crippen LogP contribution in [-0.2, 0) is 9.47 Å². The molecule has 112 valence electrons. The number of ether oxygens (including phenoxy) is 2. The maximum Gasteiger partial charge on any atom is 0.429 e. The van der Waals surface area contributed by atoms with Crippen LogP contribution in [-0.4, -0.2) is 36.5 Å². The van der Waals surface area contributed by atoms with Gasteiger partial charge in [0.05, 0.1) is 6.61 Å². The highest BCUT2D eigenvalue weighted by Gasteiger charge is 2.35. The normalized spacial score (nSPS) is 18.6. The summed E-state index contributed by atoms with van der Waals surface area (Å²) in [4.78, 5) is 23.0. The van der Waals surface area contributed by atoms with E-state index < -0.39 is 12.2 Å². The van der Waals surface area contributed by atoms with Crippen molar-refractivity contribution < 1.29 is 19.1 Å². The standard InChI is InChI=1S/C14H22N2O4/c1-5-19-13(17)15-16-12(9-20-14(16)18)11(4)8-6-7-10(2)3/h7-8,12H,5-6,9H2,1-4H3,(H,15,17)/b11-8+. The van der Waals surface area contributed by atoms with E-state index in [2.05, 4.69) is 11.5 Å². The lowest BCUT2D eigenvalue weighted by Gasteiger charge is -2.21. The molecule has 0 radical (unpaired) electrons. The SMILES string of the molecule is CCOC(=O)NN1C(=O)OCC1/C(C)=C/CC=C(C)C. The Morgan fingerprint density at radius 3 is 2.75 bits per heavy atom. The van der Waals surface area contributed by atoms with Crippen molar-refractivity contribution in [1.29, 1.82) is 0 Å². The van der Waals surface area contributed by atoms with Gasteiger partial charge in [0.1, 0.15) is 12.6 Å². The summed E-state index contributed by atoms with van der Waals surface area (Å²) in [5, 5.41) is 1.17. The minimum absolute atomic E-state index is 0.225. The van der Waals surface area contributed by atoms with Crippen molar-refractivity contribution in [3.63, 3.8) is 0 Å². The van der Waals surface area contributed by atoms with Crippen molar-refractivity contribution in [2.75, 3.05) is 13.2 Å². The van der Waals surface area contributed by atoms with Gasteiger partial charge in [-0.05, 0) is 39.7 Å². The molecular weight excluding hydrogens is 260 g/mol. The number of nitrogens with one attached hydrogen (secondary N) is 1. The predicted molar refractivity (Wildman–Crippen MR) is 74.9 cm³/mol. The van der Waals surface area contributed by atoms with Gasteiger partial charge in [0.15, 0.2) is 0 Å². The first-order valence-corrected chi connectivity index (χ1v) is 6.65. The van der Waals surface area contributed by atoms with Gasteiger partial charge in [-0.3, -0.25) is 0 Å². The van der Waals surface area contributed by atoms with Crippen LogP contribution in [0.5, 0.6) is 0 Å². The van der Waals surface area contributed by atoms with E-state index in [1.807, 2.05) is 26.8 Å². The summed E-state index contributed by atoms with van der Waals surface area (Å²) in [6.45, 7) is 8.13. The zero-order chi connectivity index (χ0) is 15.1. The van der Waals surface area contributed by atoms with Gasteiger partial charge in [-0.15, -0.1) is 0 Å². The number of hydrogen-bond acceptors (Lipinski definition) is 4. The second-order valence-corrected chi connectivity index (χ2v) is 4.76. The summed E-state index contributed by atoms with van der Waals surface area (Å²) in [6.07, 6.45) is 3.65. The Labute approximate surface area is 119 Å². The first kappa shape index (κ1) is 16.1. The third kappa shape index (κ3) is 4.60. The Kier molecular flexibility index (Phi) is 6.09. The van der Waals surface area contributed by atoms with Crippen molar-refractivity contribution >= 4 is 12.2 Å². The fourth-order valence-electron chi connectivity index (χ4n) is 1.76. The quantitative estimate of drug-likeness (QED) is 0.787. The second-order valence-electron chi connectivity index (χ2n) is 4.76. The minimum Gasteiger partial charge on any atom is -0.449 e. The lowest BCUT2D eigenvalue weighted by molar-refractivity contribution is 0.109. The van der Waals surface area contributed by atoms with Crippen LogP contribution in [0.1, 0.15) is 34.1 Å². The van der Waals surface area contributed by atoms with Gasteiger partial charge in [0.25, 0.3) is 0 Å². The summed E-state index contributed by atoms with van der Waals surface area (Å²) < 4.78 is 9.73. The highest BCUT2D eigenvalue weighted by atomic mass is 16.6. The maximum absolute atomic E-state index is 11.6. The van der Waals surface area contributed by atoms with E-state index in [-0.39, 0.29) is 19.3 Å². The molecule has 1 atom stereocenters. The topological polar surface area (TPSA) is 67.9 Å². The van der Waals surface area contributed by atoms with E-state index in [1.165, 1.54) is 10.6 Å². The Bertz CT molecular complexity index is 425. The molecule has 0 aromatic rings. The molecule has 1 rings (SSSR count). The second kappa shape index (κ2) is 7.57. The fourth-order valence-corrected chi connectivity index (χ4v) is 1.76. The molecular formula is C14H22N2O4. The van der Waals surface area contributed by atoms with Crippen LogP contribution >= 0.6 is 0 Å². The summed E-state index contributed by atoms with van der Waals surface area (Å²) in [6, 6.07) is -0.294. The van der Waals surface area contributed by atoms with Crippen LogP contribution in [0.4, 0.5) is 9.59 Å². The molecule has 6 nitrogen and oxygen atoms in total. The average molecular weight is 282 g/mol. The summed E-state index contributed by atoms with van der Waals surface area (Å²) >= 11 is 0. The van der Waals surface area contributed by atoms with Gasteiger partial charge in [-0.2, -0.15) is 0 Å². The van der Waals surface area contributed by atoms with Crippen LogP contribution in [0.25, 0.3) is 0 Å². The monoisotopic (exact) mass is 282 g/mol. The van der Waals surface area contributed by atoms with Gasteiger partial charge in [-0.1, -0.05) is 17.7 Å². The number of amides is 2. The van der Waals surface area contributed by atoms with Crippen LogP contribution < -0.4 is 5.43 Å². The van der Waals surface area contributed by atoms with E-state index in [0.29, 0.717) is 0 Å². The summed E-state index contributed by atoms with van der Waals surface area (Å²) in [5.74, 6) is 0. The van der Waals surface area contributed by atoms with Gasteiger partial charge in [0.2, 0.25) is 0 Å². The zero-order valence-electron chi connectivity index (χ0n) is 12.4. The average Bonchev–Trinajstić information content (AvgIpc) is 2.71. The first-order valence-electron chi connectivity index (χ1n) is 6.65. The van der Waals surface area contributed by atoms with E-state index in [4.69, 9.17) is 9.47 Å². The molecule has 0 bridgehead atoms. The van der Waals surface area contributed by atoms with Crippen molar-refractivity contribution in [1.82, 2.24) is 10.4 Å². The number of carbonyl (C=O) groups is 2. The van der Waals surface area contributed by atoms with Gasteiger partial charge >= 0.3 is 12.2 Å². The number of cyclic esters (lactones) is 1. The third-order valence-electron chi connectivity index (χ3n) is 2.85. The molecule has 1 aliphatic rings. The smallest absolute Gasteiger partial charge is 0.429 e. The van der Waals surface area contributed by atoms with E-state index in [9.17, 15) is 9.59 Å². The molecule has 2 amide bonds. The molecule has 6 heteroatoms. The van der Waals surface area contributed by atoms with Gasteiger partial charge in [-0.25, -0.2) is 20.0 Å². The molecule has 1 aliphatic heterocycles. The van der Waals surface area contributed by atoms with Crippen LogP contribution in [0.2, 0.25) is 0 Å². The number of allylic oxidation sites excluding steroid dienone is 3. The largest absolute Gasteiger partial charge is 0.449 e. The predicted octanol–water partition coefficient (Wildman–Crippen LogP) is 2.77. The number of hydrazine groups is 1. The van der Waals surface area contributed by atoms with Crippen LogP contribution in [0.3, 0.4) is 0 Å². The molecule has 0 aromatic heterocycles. The van der Waals surface area contributed by atoms with Gasteiger partial charge in [0, 0.05) is 0 Å². The molecule has 0 spiro atoms. The molecule has 1 unspecified atom stereocenters. The van der Waals surface area contributed by atoms with Crippen LogP contribution in [0.15, 0.2) is 23.3 Å². The Morgan fingerprint density at radius 1 is 1.45 bits per heavy atom. The van der Waals surface area contributed by atoms with E-state index >= 15 is 0 Å². The third-order valence-corrected chi connectivity index (χ3v) is 2.85. The van der Waals surface area contributed by atoms with Crippen molar-refractivity contribution in [3.05, 3.63) is 23.3 Å². The van der Waals surface area contributed by atoms with Crippen molar-refractivity contribution in [2.45, 2.75) is 40.2 Å². The molecule has 0 aromatic carbocycles. The van der Waals surface area contributed by atoms with Gasteiger partial charge < -0.3 is 9.47 Å². The molecule has 1 N–H and O–H groups in total.